The molecule has 2 aromatic carbocycles. The highest BCUT2D eigenvalue weighted by atomic mass is 35.5. The number of aromatic hydroxyl groups is 1. The lowest BCUT2D eigenvalue weighted by molar-refractivity contribution is -0.111. The highest BCUT2D eigenvalue weighted by Crippen LogP contribution is 2.35. The number of anilines is 3. The molecule has 1 amide bonds. The third-order valence-electron chi connectivity index (χ3n) is 6.51. The Hall–Kier alpha value is -3.75. The third kappa shape index (κ3) is 10.3. The molecular weight excluding hydrogens is 561 g/mol. The number of rotatable bonds is 12. The molecule has 0 atom stereocenters. The maximum atomic E-state index is 13.6. The molecule has 0 aliphatic carbocycles. The van der Waals surface area contributed by atoms with E-state index in [-0.39, 0.29) is 28.6 Å². The van der Waals surface area contributed by atoms with Crippen molar-refractivity contribution in [2.24, 2.45) is 0 Å². The monoisotopic (exact) mass is 597 g/mol. The number of hydrogen-bond donors (Lipinski definition) is 4. The Bertz CT molecular complexity index is 1400. The molecule has 0 saturated carbocycles. The van der Waals surface area contributed by atoms with Crippen LogP contribution in [0.1, 0.15) is 44.1 Å². The number of benzene rings is 2. The predicted molar refractivity (Wildman–Crippen MR) is 164 cm³/mol. The molecule has 42 heavy (non-hydrogen) atoms. The quantitative estimate of drug-likeness (QED) is 0.111. The number of hydrogen-bond acceptors (Lipinski definition) is 8. The molecule has 4 rings (SSSR count). The van der Waals surface area contributed by atoms with E-state index in [4.69, 9.17) is 21.4 Å². The summed E-state index contributed by atoms with van der Waals surface area (Å²) in [5.41, 5.74) is 1.59. The van der Waals surface area contributed by atoms with Crippen LogP contribution in [0.2, 0.25) is 5.02 Å². The fourth-order valence-electron chi connectivity index (χ4n) is 4.23. The van der Waals surface area contributed by atoms with Gasteiger partial charge in [-0.2, -0.15) is 5.26 Å². The molecule has 0 unspecified atom stereocenters. The predicted octanol–water partition coefficient (Wildman–Crippen LogP) is 6.12. The van der Waals surface area contributed by atoms with E-state index in [1.807, 2.05) is 7.05 Å². The van der Waals surface area contributed by atoms with Crippen molar-refractivity contribution < 1.29 is 24.1 Å². The van der Waals surface area contributed by atoms with Crippen molar-refractivity contribution in [1.82, 2.24) is 9.88 Å². The smallest absolute Gasteiger partial charge is 0.248 e. The summed E-state index contributed by atoms with van der Waals surface area (Å²) in [7, 11) is 1.96. The molecular formula is C31H37ClFN5O4. The second kappa shape index (κ2) is 17.3. The normalized spacial score (nSPS) is 12.8. The van der Waals surface area contributed by atoms with Crippen LogP contribution in [-0.4, -0.2) is 66.0 Å². The van der Waals surface area contributed by atoms with Crippen molar-refractivity contribution in [3.63, 3.8) is 0 Å². The Morgan fingerprint density at radius 2 is 1.98 bits per heavy atom. The van der Waals surface area contributed by atoms with Gasteiger partial charge in [-0.1, -0.05) is 30.5 Å². The summed E-state index contributed by atoms with van der Waals surface area (Å²) in [6, 6.07) is 9.06. The van der Waals surface area contributed by atoms with E-state index in [0.29, 0.717) is 28.8 Å². The highest BCUT2D eigenvalue weighted by Gasteiger charge is 2.14. The van der Waals surface area contributed by atoms with E-state index < -0.39 is 11.7 Å². The zero-order valence-corrected chi connectivity index (χ0v) is 24.5. The lowest BCUT2D eigenvalue weighted by atomic mass is 10.1. The maximum Gasteiger partial charge on any atom is 0.248 e. The third-order valence-corrected chi connectivity index (χ3v) is 6.80. The average molecular weight is 598 g/mol. The summed E-state index contributed by atoms with van der Waals surface area (Å²) in [6.45, 7) is 3.68. The zero-order chi connectivity index (χ0) is 30.3. The first-order chi connectivity index (χ1) is 20.3. The summed E-state index contributed by atoms with van der Waals surface area (Å²) in [5.74, 6) is -1.17. The van der Waals surface area contributed by atoms with Crippen LogP contribution in [0, 0.1) is 17.1 Å². The van der Waals surface area contributed by atoms with Gasteiger partial charge in [0, 0.05) is 55.8 Å². The number of phenols is 1. The van der Waals surface area contributed by atoms with Crippen LogP contribution in [0.3, 0.4) is 0 Å². The standard InChI is InChI=1S/C27H29ClFN5O3.C4H8O/c1-34(10-4-2-3-5-12-35)11-6-7-26(37)33-24-14-20-23(15-25(24)36)31-17-18(16-30)27(20)32-19-8-9-22(29)21(28)13-19;1-2-4-5-3-1/h6-9,13-15,17,35-36H,2-5,10-12H2,1H3,(H,31,32)(H,33,37);1-4H2/b7-6+;. The highest BCUT2D eigenvalue weighted by molar-refractivity contribution is 6.31. The van der Waals surface area contributed by atoms with Crippen molar-refractivity contribution in [3.05, 3.63) is 65.1 Å². The summed E-state index contributed by atoms with van der Waals surface area (Å²) < 4.78 is 18.5. The van der Waals surface area contributed by atoms with Crippen molar-refractivity contribution in [1.29, 1.82) is 5.26 Å². The summed E-state index contributed by atoms with van der Waals surface area (Å²) in [4.78, 5) is 18.8. The second-order valence-corrected chi connectivity index (χ2v) is 10.3. The minimum Gasteiger partial charge on any atom is -0.506 e. The van der Waals surface area contributed by atoms with Crippen LogP contribution < -0.4 is 10.6 Å². The molecule has 11 heteroatoms. The number of pyridine rings is 1. The number of nitriles is 1. The SMILES string of the molecule is C1CCOC1.CN(C/C=C/C(=O)Nc1cc2c(Nc3ccc(F)c(Cl)c3)c(C#N)cnc2cc1O)CCCCCCO. The van der Waals surface area contributed by atoms with Crippen molar-refractivity contribution in [2.75, 3.05) is 50.6 Å². The number of aromatic nitrogens is 1. The molecule has 1 saturated heterocycles. The van der Waals surface area contributed by atoms with Gasteiger partial charge in [-0.25, -0.2) is 4.39 Å². The number of likely N-dealkylation sites (N-methyl/N-ethyl adjacent to an activating group) is 1. The van der Waals surface area contributed by atoms with Gasteiger partial charge in [-0.15, -0.1) is 0 Å². The Balaban J connectivity index is 0.000000873. The Kier molecular flexibility index (Phi) is 13.5. The number of amides is 1. The average Bonchev–Trinajstić information content (AvgIpc) is 3.56. The lowest BCUT2D eigenvalue weighted by Gasteiger charge is -2.14. The molecule has 3 aromatic rings. The zero-order valence-electron chi connectivity index (χ0n) is 23.7. The Morgan fingerprint density at radius 1 is 1.21 bits per heavy atom. The molecule has 9 nitrogen and oxygen atoms in total. The number of nitrogens with zero attached hydrogens (tertiary/aromatic N) is 3. The minimum absolute atomic E-state index is 0.0772. The van der Waals surface area contributed by atoms with Crippen LogP contribution in [0.25, 0.3) is 10.9 Å². The summed E-state index contributed by atoms with van der Waals surface area (Å²) in [6.07, 6.45) is 10.9. The summed E-state index contributed by atoms with van der Waals surface area (Å²) >= 11 is 5.89. The van der Waals surface area contributed by atoms with E-state index in [9.17, 15) is 19.6 Å². The number of nitrogens with one attached hydrogen (secondary N) is 2. The number of aliphatic hydroxyl groups excluding tert-OH is 1. The van der Waals surface area contributed by atoms with E-state index in [1.165, 1.54) is 55.4 Å². The molecule has 1 aromatic heterocycles. The van der Waals surface area contributed by atoms with Crippen LogP contribution in [0.5, 0.6) is 5.75 Å². The molecule has 0 spiro atoms. The van der Waals surface area contributed by atoms with Crippen LogP contribution in [0.15, 0.2) is 48.7 Å². The summed E-state index contributed by atoms with van der Waals surface area (Å²) in [5, 5.41) is 35.0. The van der Waals surface area contributed by atoms with Gasteiger partial charge in [0.2, 0.25) is 5.91 Å². The van der Waals surface area contributed by atoms with Crippen LogP contribution in [0.4, 0.5) is 21.5 Å². The number of phenolic OH excluding ortho intramolecular Hbond substituents is 1. The fourth-order valence-corrected chi connectivity index (χ4v) is 4.41. The van der Waals surface area contributed by atoms with Gasteiger partial charge in [0.1, 0.15) is 17.6 Å². The number of fused-ring (bicyclic) bond motifs is 1. The minimum atomic E-state index is -0.570. The first kappa shape index (κ1) is 32.8. The molecule has 224 valence electrons. The van der Waals surface area contributed by atoms with Gasteiger partial charge >= 0.3 is 0 Å². The van der Waals surface area contributed by atoms with Crippen LogP contribution >= 0.6 is 11.6 Å². The Morgan fingerprint density at radius 3 is 2.64 bits per heavy atom. The van der Waals surface area contributed by atoms with Gasteiger partial charge < -0.3 is 30.5 Å². The van der Waals surface area contributed by atoms with Crippen molar-refractivity contribution in [2.45, 2.75) is 38.5 Å². The van der Waals surface area contributed by atoms with Gasteiger partial charge in [-0.3, -0.25) is 9.78 Å². The fraction of sp³-hybridized carbons (Fsp3) is 0.387. The van der Waals surface area contributed by atoms with E-state index in [1.54, 1.807) is 6.08 Å². The molecule has 0 radical (unpaired) electrons. The van der Waals surface area contributed by atoms with Crippen LogP contribution in [-0.2, 0) is 9.53 Å². The lowest BCUT2D eigenvalue weighted by Crippen LogP contribution is -2.20. The molecule has 4 N–H and O–H groups in total. The largest absolute Gasteiger partial charge is 0.506 e. The number of aliphatic hydroxyl groups is 1. The molecule has 1 aliphatic heterocycles. The maximum absolute atomic E-state index is 13.6. The van der Waals surface area contributed by atoms with Gasteiger partial charge in [0.15, 0.2) is 0 Å². The number of carbonyl (C=O) groups is 1. The van der Waals surface area contributed by atoms with Crippen molar-refractivity contribution >= 4 is 45.5 Å². The Labute approximate surface area is 250 Å². The molecule has 1 aliphatic rings. The number of ether oxygens (including phenoxy) is 1. The van der Waals surface area contributed by atoms with Gasteiger partial charge in [0.25, 0.3) is 0 Å². The van der Waals surface area contributed by atoms with E-state index in [0.717, 1.165) is 45.4 Å². The molecule has 1 fully saturated rings. The first-order valence-corrected chi connectivity index (χ1v) is 14.3. The number of unbranched alkanes of at least 4 members (excludes halogenated alkanes) is 3. The topological polar surface area (TPSA) is 131 Å². The second-order valence-electron chi connectivity index (χ2n) is 9.91. The van der Waals surface area contributed by atoms with Crippen molar-refractivity contribution in [3.8, 4) is 11.8 Å². The molecule has 2 heterocycles. The molecule has 0 bridgehead atoms. The number of halogens is 2. The van der Waals surface area contributed by atoms with Gasteiger partial charge in [0.05, 0.1) is 27.5 Å². The first-order valence-electron chi connectivity index (χ1n) is 13.9. The van der Waals surface area contributed by atoms with Gasteiger partial charge in [-0.05, 0) is 63.5 Å². The van der Waals surface area contributed by atoms with E-state index >= 15 is 0 Å². The van der Waals surface area contributed by atoms with E-state index in [2.05, 4.69) is 26.6 Å². The number of carbonyl (C=O) groups excluding carboxylic acids is 1.